The van der Waals surface area contributed by atoms with E-state index in [9.17, 15) is 4.79 Å². The predicted octanol–water partition coefficient (Wildman–Crippen LogP) is 0.689. The van der Waals surface area contributed by atoms with Crippen LogP contribution in [0.4, 0.5) is 0 Å². The van der Waals surface area contributed by atoms with Crippen LogP contribution in [0.25, 0.3) is 0 Å². The molecule has 0 aromatic rings. The number of hydrogen-bond acceptors (Lipinski definition) is 2. The Bertz CT molecular complexity index is 95.1. The van der Waals surface area contributed by atoms with Gasteiger partial charge in [-0.3, -0.25) is 0 Å². The Morgan fingerprint density at radius 3 is 2.44 bits per heavy atom. The van der Waals surface area contributed by atoms with Gasteiger partial charge in [-0.15, -0.1) is 0 Å². The summed E-state index contributed by atoms with van der Waals surface area (Å²) in [6.45, 7) is 1.95. The highest BCUT2D eigenvalue weighted by atomic mass is 16.1. The predicted molar refractivity (Wildman–Crippen MR) is 35.7 cm³/mol. The quantitative estimate of drug-likeness (QED) is 0.482. The number of aldehydes is 1. The van der Waals surface area contributed by atoms with Gasteiger partial charge in [-0.2, -0.15) is 0 Å². The van der Waals surface area contributed by atoms with Gasteiger partial charge in [0.1, 0.15) is 6.29 Å². The summed E-state index contributed by atoms with van der Waals surface area (Å²) < 4.78 is 0. The topological polar surface area (TPSA) is 20.3 Å². The molecule has 0 bridgehead atoms. The van der Waals surface area contributed by atoms with Gasteiger partial charge in [0, 0.05) is 13.0 Å². The molecule has 0 unspecified atom stereocenters. The van der Waals surface area contributed by atoms with E-state index >= 15 is 0 Å². The summed E-state index contributed by atoms with van der Waals surface area (Å²) in [6, 6.07) is 0. The van der Waals surface area contributed by atoms with E-state index in [4.69, 9.17) is 0 Å². The van der Waals surface area contributed by atoms with Gasteiger partial charge in [-0.1, -0.05) is 0 Å². The molecule has 0 N–H and O–H groups in total. The van der Waals surface area contributed by atoms with Crippen LogP contribution < -0.4 is 0 Å². The molecule has 51 valence electrons. The van der Waals surface area contributed by atoms with Crippen LogP contribution in [0.5, 0.6) is 0 Å². The number of rotatable bonds is 1. The van der Waals surface area contributed by atoms with E-state index in [2.05, 4.69) is 7.05 Å². The molecule has 0 aliphatic carbocycles. The van der Waals surface area contributed by atoms with Crippen molar-refractivity contribution in [2.45, 2.75) is 12.8 Å². The lowest BCUT2D eigenvalue weighted by Crippen LogP contribution is -2.28. The third kappa shape index (κ3) is 1.79. The Labute approximate surface area is 55.8 Å². The van der Waals surface area contributed by atoms with E-state index in [0.29, 0.717) is 5.92 Å². The van der Waals surface area contributed by atoms with E-state index < -0.39 is 0 Å². The van der Waals surface area contributed by atoms with Crippen molar-refractivity contribution in [3.63, 3.8) is 0 Å². The van der Waals surface area contributed by atoms with E-state index in [1.54, 1.807) is 0 Å². The molecule has 9 heavy (non-hydrogen) atoms. The maximum Gasteiger partial charge on any atom is 0.123 e. The van der Waals surface area contributed by atoms with Crippen molar-refractivity contribution in [1.29, 1.82) is 0 Å². The van der Waals surface area contributed by atoms with Gasteiger partial charge >= 0.3 is 0 Å². The molecule has 1 heterocycles. The van der Waals surface area contributed by atoms with Crippen molar-refractivity contribution in [2.75, 3.05) is 13.1 Å². The standard InChI is InChI=1S/C7H12NO/c1-8-4-2-7(6-9)3-5-8/h6-7H,1-5H2. The molecule has 0 saturated carbocycles. The first-order chi connectivity index (χ1) is 4.33. The maximum absolute atomic E-state index is 10.2. The maximum atomic E-state index is 10.2. The van der Waals surface area contributed by atoms with Gasteiger partial charge < -0.3 is 9.69 Å². The summed E-state index contributed by atoms with van der Waals surface area (Å²) in [5.74, 6) is 0.308. The minimum Gasteiger partial charge on any atom is -0.303 e. The number of nitrogens with zero attached hydrogens (tertiary/aromatic N) is 1. The van der Waals surface area contributed by atoms with Crippen LogP contribution in [0.2, 0.25) is 0 Å². The molecule has 2 heteroatoms. The van der Waals surface area contributed by atoms with E-state index in [1.165, 1.54) is 0 Å². The second-order valence-corrected chi connectivity index (χ2v) is 2.59. The van der Waals surface area contributed by atoms with Crippen molar-refractivity contribution >= 4 is 6.29 Å². The van der Waals surface area contributed by atoms with Crippen molar-refractivity contribution in [2.24, 2.45) is 5.92 Å². The molecule has 1 saturated heterocycles. The first-order valence-corrected chi connectivity index (χ1v) is 3.33. The molecule has 0 aromatic carbocycles. The van der Waals surface area contributed by atoms with Gasteiger partial charge in [-0.25, -0.2) is 0 Å². The van der Waals surface area contributed by atoms with Crippen LogP contribution in [0.3, 0.4) is 0 Å². The molecule has 1 aliphatic rings. The van der Waals surface area contributed by atoms with Gasteiger partial charge in [0.2, 0.25) is 0 Å². The van der Waals surface area contributed by atoms with E-state index in [0.717, 1.165) is 32.2 Å². The highest BCUT2D eigenvalue weighted by Gasteiger charge is 2.14. The largest absolute Gasteiger partial charge is 0.303 e. The molecule has 0 spiro atoms. The summed E-state index contributed by atoms with van der Waals surface area (Å²) in [6.07, 6.45) is 3.05. The molecular formula is C7H12NO. The average Bonchev–Trinajstić information content (AvgIpc) is 1.90. The Morgan fingerprint density at radius 1 is 1.44 bits per heavy atom. The fourth-order valence-corrected chi connectivity index (χ4v) is 1.09. The Balaban J connectivity index is 2.26. The number of hydrogen-bond donors (Lipinski definition) is 0. The molecule has 1 rings (SSSR count). The van der Waals surface area contributed by atoms with Gasteiger partial charge in [0.05, 0.1) is 0 Å². The minimum atomic E-state index is 0.308. The second kappa shape index (κ2) is 2.97. The summed E-state index contributed by atoms with van der Waals surface area (Å²) >= 11 is 0. The van der Waals surface area contributed by atoms with E-state index in [-0.39, 0.29) is 0 Å². The monoisotopic (exact) mass is 126 g/mol. The van der Waals surface area contributed by atoms with Crippen LogP contribution in [0.1, 0.15) is 12.8 Å². The van der Waals surface area contributed by atoms with Crippen molar-refractivity contribution in [3.05, 3.63) is 7.05 Å². The first kappa shape index (κ1) is 6.75. The molecule has 1 fully saturated rings. The smallest absolute Gasteiger partial charge is 0.123 e. The zero-order valence-corrected chi connectivity index (χ0v) is 5.55. The second-order valence-electron chi connectivity index (χ2n) is 2.59. The van der Waals surface area contributed by atoms with Crippen LogP contribution >= 0.6 is 0 Å². The lowest BCUT2D eigenvalue weighted by Gasteiger charge is -2.24. The van der Waals surface area contributed by atoms with Crippen LogP contribution in [0, 0.1) is 13.0 Å². The number of likely N-dealkylation sites (tertiary alicyclic amines) is 1. The third-order valence-electron chi connectivity index (χ3n) is 1.82. The molecule has 1 aliphatic heterocycles. The Hall–Kier alpha value is -0.370. The zero-order chi connectivity index (χ0) is 6.69. The molecule has 2 nitrogen and oxygen atoms in total. The van der Waals surface area contributed by atoms with Crippen LogP contribution in [-0.2, 0) is 4.79 Å². The summed E-state index contributed by atoms with van der Waals surface area (Å²) in [7, 11) is 3.78. The Morgan fingerprint density at radius 2 is 2.00 bits per heavy atom. The highest BCUT2D eigenvalue weighted by molar-refractivity contribution is 5.53. The van der Waals surface area contributed by atoms with Gasteiger partial charge in [-0.05, 0) is 25.9 Å². The molecule has 0 amide bonds. The summed E-state index contributed by atoms with van der Waals surface area (Å²) in [5, 5.41) is 0. The van der Waals surface area contributed by atoms with Gasteiger partial charge in [0.15, 0.2) is 0 Å². The van der Waals surface area contributed by atoms with E-state index in [1.807, 2.05) is 4.90 Å². The molecular weight excluding hydrogens is 114 g/mol. The first-order valence-electron chi connectivity index (χ1n) is 3.33. The van der Waals surface area contributed by atoms with Crippen molar-refractivity contribution in [1.82, 2.24) is 4.90 Å². The summed E-state index contributed by atoms with van der Waals surface area (Å²) in [5.41, 5.74) is 0. The lowest BCUT2D eigenvalue weighted by atomic mass is 9.99. The normalized spacial score (nSPS) is 24.1. The third-order valence-corrected chi connectivity index (χ3v) is 1.82. The number of carbonyl (C=O) groups is 1. The van der Waals surface area contributed by atoms with Crippen molar-refractivity contribution in [3.8, 4) is 0 Å². The molecule has 0 atom stereocenters. The highest BCUT2D eigenvalue weighted by Crippen LogP contribution is 2.12. The summed E-state index contributed by atoms with van der Waals surface area (Å²) in [4.78, 5) is 12.2. The van der Waals surface area contributed by atoms with Crippen LogP contribution in [-0.4, -0.2) is 24.3 Å². The number of piperidine rings is 1. The van der Waals surface area contributed by atoms with Gasteiger partial charge in [0.25, 0.3) is 0 Å². The molecule has 1 radical (unpaired) electrons. The van der Waals surface area contributed by atoms with Crippen LogP contribution in [0.15, 0.2) is 0 Å². The Kier molecular flexibility index (Phi) is 2.22. The minimum absolute atomic E-state index is 0.308. The fourth-order valence-electron chi connectivity index (χ4n) is 1.09. The molecule has 0 aromatic heterocycles. The lowest BCUT2D eigenvalue weighted by molar-refractivity contribution is -0.112. The average molecular weight is 126 g/mol. The van der Waals surface area contributed by atoms with Crippen molar-refractivity contribution < 1.29 is 4.79 Å². The SMILES string of the molecule is [CH2]N1CCC(C=O)CC1. The fraction of sp³-hybridized carbons (Fsp3) is 0.714. The number of carbonyl (C=O) groups excluding carboxylic acids is 1. The zero-order valence-electron chi connectivity index (χ0n) is 5.55.